The summed E-state index contributed by atoms with van der Waals surface area (Å²) in [6.07, 6.45) is 2.22. The van der Waals surface area contributed by atoms with Crippen LogP contribution in [-0.4, -0.2) is 19.3 Å². The van der Waals surface area contributed by atoms with Crippen LogP contribution in [0.1, 0.15) is 30.0 Å². The van der Waals surface area contributed by atoms with E-state index in [-0.39, 0.29) is 17.2 Å². The van der Waals surface area contributed by atoms with E-state index in [1.54, 1.807) is 36.4 Å². The first-order valence-electron chi connectivity index (χ1n) is 8.82. The molecule has 3 aromatic rings. The molecule has 0 radical (unpaired) electrons. The van der Waals surface area contributed by atoms with E-state index in [0.717, 1.165) is 18.5 Å². The lowest BCUT2D eigenvalue weighted by molar-refractivity contribution is -0.115. The first-order chi connectivity index (χ1) is 13.3. The first kappa shape index (κ1) is 18.9. The maximum Gasteiger partial charge on any atom is 0.238 e. The second-order valence-corrected chi connectivity index (χ2v) is 8.85. The lowest BCUT2D eigenvalue weighted by Crippen LogP contribution is -2.17. The fraction of sp³-hybridized carbons (Fsp3) is 0.200. The summed E-state index contributed by atoms with van der Waals surface area (Å²) in [5, 5.41) is 9.06. The fourth-order valence-electron chi connectivity index (χ4n) is 3.15. The highest BCUT2D eigenvalue weighted by atomic mass is 35.5. The van der Waals surface area contributed by atoms with Gasteiger partial charge < -0.3 is 5.32 Å². The number of fused-ring (bicyclic) bond motifs is 1. The van der Waals surface area contributed by atoms with Gasteiger partial charge in [0.25, 0.3) is 0 Å². The number of hydrogen-bond acceptors (Lipinski definition) is 4. The number of carbonyl (C=O) groups excluding carboxylic acids is 1. The lowest BCUT2D eigenvalue weighted by Gasteiger charge is -2.11. The van der Waals surface area contributed by atoms with Crippen molar-refractivity contribution in [2.45, 2.75) is 30.1 Å². The minimum Gasteiger partial charge on any atom is -0.326 e. The van der Waals surface area contributed by atoms with E-state index in [0.29, 0.717) is 33.1 Å². The number of nitrogens with one attached hydrogen (secondary N) is 1. The molecule has 3 N–H and O–H groups in total. The quantitative estimate of drug-likeness (QED) is 0.664. The first-order valence-corrected chi connectivity index (χ1v) is 10.7. The van der Waals surface area contributed by atoms with Gasteiger partial charge in [0.15, 0.2) is 0 Å². The lowest BCUT2D eigenvalue weighted by atomic mass is 10.1. The van der Waals surface area contributed by atoms with Crippen molar-refractivity contribution in [1.82, 2.24) is 4.98 Å². The zero-order chi connectivity index (χ0) is 19.9. The minimum atomic E-state index is -3.98. The van der Waals surface area contributed by atoms with Crippen LogP contribution < -0.4 is 10.5 Å². The van der Waals surface area contributed by atoms with Gasteiger partial charge in [0, 0.05) is 27.7 Å². The SMILES string of the molecule is NS(=O)(=O)c1cc(NC(=O)Cc2ccccc2Cl)cc2nc(C3CC3)ccc12. The van der Waals surface area contributed by atoms with E-state index < -0.39 is 10.0 Å². The number of rotatable bonds is 5. The van der Waals surface area contributed by atoms with Crippen molar-refractivity contribution in [3.63, 3.8) is 0 Å². The van der Waals surface area contributed by atoms with Crippen molar-refractivity contribution >= 4 is 44.1 Å². The number of primary sulfonamides is 1. The molecule has 0 atom stereocenters. The Kier molecular flexibility index (Phi) is 4.82. The van der Waals surface area contributed by atoms with Gasteiger partial charge in [-0.1, -0.05) is 29.8 Å². The van der Waals surface area contributed by atoms with Crippen LogP contribution in [-0.2, 0) is 21.2 Å². The number of nitrogens with zero attached hydrogens (tertiary/aromatic N) is 1. The summed E-state index contributed by atoms with van der Waals surface area (Å²) in [7, 11) is -3.98. The van der Waals surface area contributed by atoms with Crippen LogP contribution in [0.15, 0.2) is 53.4 Å². The number of sulfonamides is 1. The molecular weight excluding hydrogens is 398 g/mol. The average molecular weight is 416 g/mol. The van der Waals surface area contributed by atoms with Gasteiger partial charge in [-0.2, -0.15) is 0 Å². The molecule has 1 aliphatic carbocycles. The van der Waals surface area contributed by atoms with Crippen LogP contribution in [0.4, 0.5) is 5.69 Å². The summed E-state index contributed by atoms with van der Waals surface area (Å²) in [5.74, 6) is 0.104. The molecule has 4 rings (SSSR count). The summed E-state index contributed by atoms with van der Waals surface area (Å²) < 4.78 is 24.1. The van der Waals surface area contributed by atoms with Crippen LogP contribution in [0.2, 0.25) is 5.02 Å². The van der Waals surface area contributed by atoms with Crippen molar-refractivity contribution < 1.29 is 13.2 Å². The number of hydrogen-bond donors (Lipinski definition) is 2. The third-order valence-corrected chi connectivity index (χ3v) is 6.00. The molecule has 1 fully saturated rings. The normalized spacial score (nSPS) is 14.2. The molecule has 1 amide bonds. The van der Waals surface area contributed by atoms with Gasteiger partial charge >= 0.3 is 0 Å². The highest BCUT2D eigenvalue weighted by molar-refractivity contribution is 7.89. The van der Waals surface area contributed by atoms with E-state index in [9.17, 15) is 13.2 Å². The molecule has 1 aliphatic rings. The van der Waals surface area contributed by atoms with Crippen molar-refractivity contribution in [2.75, 3.05) is 5.32 Å². The highest BCUT2D eigenvalue weighted by Crippen LogP contribution is 2.40. The molecule has 6 nitrogen and oxygen atoms in total. The largest absolute Gasteiger partial charge is 0.326 e. The summed E-state index contributed by atoms with van der Waals surface area (Å²) in [4.78, 5) is 17.0. The molecule has 2 aromatic carbocycles. The van der Waals surface area contributed by atoms with E-state index in [1.165, 1.54) is 6.07 Å². The van der Waals surface area contributed by atoms with Crippen LogP contribution in [0.25, 0.3) is 10.9 Å². The van der Waals surface area contributed by atoms with Crippen LogP contribution in [0.3, 0.4) is 0 Å². The molecule has 1 heterocycles. The van der Waals surface area contributed by atoms with Gasteiger partial charge in [0.1, 0.15) is 0 Å². The smallest absolute Gasteiger partial charge is 0.238 e. The number of aromatic nitrogens is 1. The van der Waals surface area contributed by atoms with E-state index in [1.807, 2.05) is 6.07 Å². The van der Waals surface area contributed by atoms with Gasteiger partial charge in [0.05, 0.1) is 16.8 Å². The highest BCUT2D eigenvalue weighted by Gasteiger charge is 2.26. The number of nitrogens with two attached hydrogens (primary N) is 1. The number of halogens is 1. The number of carbonyl (C=O) groups is 1. The molecule has 0 saturated heterocycles. The van der Waals surface area contributed by atoms with Crippen LogP contribution >= 0.6 is 11.6 Å². The van der Waals surface area contributed by atoms with Crippen molar-refractivity contribution in [3.05, 3.63) is 64.8 Å². The van der Waals surface area contributed by atoms with Crippen LogP contribution in [0, 0.1) is 0 Å². The number of pyridine rings is 1. The summed E-state index contributed by atoms with van der Waals surface area (Å²) in [6, 6.07) is 13.7. The van der Waals surface area contributed by atoms with E-state index in [2.05, 4.69) is 10.3 Å². The Balaban J connectivity index is 1.69. The van der Waals surface area contributed by atoms with Gasteiger partial charge in [0.2, 0.25) is 15.9 Å². The van der Waals surface area contributed by atoms with Crippen molar-refractivity contribution in [1.29, 1.82) is 0 Å². The average Bonchev–Trinajstić information content (AvgIpc) is 3.47. The minimum absolute atomic E-state index is 0.0621. The Morgan fingerprint density at radius 3 is 2.61 bits per heavy atom. The predicted octanol–water partition coefficient (Wildman–Crippen LogP) is 3.59. The molecule has 0 bridgehead atoms. The van der Waals surface area contributed by atoms with Crippen molar-refractivity contribution in [2.24, 2.45) is 5.14 Å². The third-order valence-electron chi connectivity index (χ3n) is 4.69. The monoisotopic (exact) mass is 415 g/mol. The molecule has 0 unspecified atom stereocenters. The molecule has 1 aromatic heterocycles. The molecular formula is C20H18ClN3O3S. The second-order valence-electron chi connectivity index (χ2n) is 6.91. The van der Waals surface area contributed by atoms with Gasteiger partial charge in [-0.05, 0) is 48.7 Å². The third kappa shape index (κ3) is 4.01. The Labute approximate surface area is 167 Å². The molecule has 1 saturated carbocycles. The molecule has 28 heavy (non-hydrogen) atoms. The van der Waals surface area contributed by atoms with Gasteiger partial charge in [-0.15, -0.1) is 0 Å². The maximum atomic E-state index is 12.4. The predicted molar refractivity (Wildman–Crippen MR) is 109 cm³/mol. The Morgan fingerprint density at radius 1 is 1.18 bits per heavy atom. The molecule has 0 spiro atoms. The van der Waals surface area contributed by atoms with E-state index >= 15 is 0 Å². The maximum absolute atomic E-state index is 12.4. The summed E-state index contributed by atoms with van der Waals surface area (Å²) in [5.41, 5.74) is 2.42. The van der Waals surface area contributed by atoms with Crippen LogP contribution in [0.5, 0.6) is 0 Å². The number of anilines is 1. The second kappa shape index (κ2) is 7.16. The number of amides is 1. The Hall–Kier alpha value is -2.48. The topological polar surface area (TPSA) is 102 Å². The van der Waals surface area contributed by atoms with E-state index in [4.69, 9.17) is 16.7 Å². The van der Waals surface area contributed by atoms with Gasteiger partial charge in [-0.25, -0.2) is 13.6 Å². The standard InChI is InChI=1S/C20H18ClN3O3S/c21-16-4-2-1-3-13(16)9-20(25)23-14-10-18-15(19(11-14)28(22,26)27)7-8-17(24-18)12-5-6-12/h1-4,7-8,10-12H,5-6,9H2,(H,23,25)(H2,22,26,27). The Morgan fingerprint density at radius 2 is 1.93 bits per heavy atom. The summed E-state index contributed by atoms with van der Waals surface area (Å²) in [6.45, 7) is 0. The molecule has 8 heteroatoms. The van der Waals surface area contributed by atoms with Gasteiger partial charge in [-0.3, -0.25) is 9.78 Å². The van der Waals surface area contributed by atoms with Crippen molar-refractivity contribution in [3.8, 4) is 0 Å². The molecule has 144 valence electrons. The Bertz CT molecular complexity index is 1190. The molecule has 0 aliphatic heterocycles. The zero-order valence-electron chi connectivity index (χ0n) is 14.9. The summed E-state index contributed by atoms with van der Waals surface area (Å²) >= 11 is 6.10. The fourth-order valence-corrected chi connectivity index (χ4v) is 4.12. The number of benzene rings is 2. The zero-order valence-corrected chi connectivity index (χ0v) is 16.4.